The topological polar surface area (TPSA) is 51.2 Å². The molecule has 1 heterocycles. The van der Waals surface area contributed by atoms with Crippen LogP contribution in [0.2, 0.25) is 10.2 Å². The van der Waals surface area contributed by atoms with Crippen LogP contribution in [-0.2, 0) is 0 Å². The molecule has 1 unspecified atom stereocenters. The second-order valence-corrected chi connectivity index (χ2v) is 5.46. The quantitative estimate of drug-likeness (QED) is 0.828. The first kappa shape index (κ1) is 16.6. The predicted molar refractivity (Wildman–Crippen MR) is 87.7 cm³/mol. The van der Waals surface area contributed by atoms with E-state index >= 15 is 0 Å². The van der Waals surface area contributed by atoms with Crippen molar-refractivity contribution >= 4 is 29.1 Å². The van der Waals surface area contributed by atoms with Gasteiger partial charge < -0.3 is 10.1 Å². The molecule has 0 aliphatic carbocycles. The van der Waals surface area contributed by atoms with Crippen molar-refractivity contribution in [2.45, 2.75) is 19.9 Å². The number of nitrogens with zero attached hydrogens (tertiary/aromatic N) is 1. The molecule has 6 heteroatoms. The summed E-state index contributed by atoms with van der Waals surface area (Å²) in [4.78, 5) is 16.2. The van der Waals surface area contributed by atoms with E-state index in [0.717, 1.165) is 11.3 Å². The number of rotatable bonds is 5. The van der Waals surface area contributed by atoms with Gasteiger partial charge in [-0.2, -0.15) is 0 Å². The van der Waals surface area contributed by atoms with E-state index in [4.69, 9.17) is 27.9 Å². The third-order valence-corrected chi connectivity index (χ3v) is 3.58. The molecule has 1 amide bonds. The third kappa shape index (κ3) is 4.12. The molecule has 1 atom stereocenters. The summed E-state index contributed by atoms with van der Waals surface area (Å²) in [5, 5.41) is 3.34. The van der Waals surface area contributed by atoms with Crippen LogP contribution >= 0.6 is 23.2 Å². The second kappa shape index (κ2) is 7.47. The minimum Gasteiger partial charge on any atom is -0.494 e. The lowest BCUT2D eigenvalue weighted by molar-refractivity contribution is 0.0935. The first-order valence-electron chi connectivity index (χ1n) is 6.87. The first-order chi connectivity index (χ1) is 10.5. The van der Waals surface area contributed by atoms with Crippen molar-refractivity contribution in [1.82, 2.24) is 10.3 Å². The Morgan fingerprint density at radius 1 is 1.23 bits per heavy atom. The summed E-state index contributed by atoms with van der Waals surface area (Å²) in [6, 6.07) is 10.4. The Labute approximate surface area is 139 Å². The van der Waals surface area contributed by atoms with E-state index in [0.29, 0.717) is 6.61 Å². The molecule has 1 aromatic carbocycles. The number of halogens is 2. The van der Waals surface area contributed by atoms with Crippen LogP contribution in [0.25, 0.3) is 0 Å². The number of aromatic nitrogens is 1. The van der Waals surface area contributed by atoms with Gasteiger partial charge in [-0.15, -0.1) is 0 Å². The largest absolute Gasteiger partial charge is 0.494 e. The van der Waals surface area contributed by atoms with Crippen LogP contribution in [0.3, 0.4) is 0 Å². The van der Waals surface area contributed by atoms with Gasteiger partial charge in [0.2, 0.25) is 0 Å². The summed E-state index contributed by atoms with van der Waals surface area (Å²) in [6.45, 7) is 4.43. The van der Waals surface area contributed by atoms with Gasteiger partial charge in [0, 0.05) is 0 Å². The van der Waals surface area contributed by atoms with Crippen LogP contribution in [-0.4, -0.2) is 17.5 Å². The summed E-state index contributed by atoms with van der Waals surface area (Å²) >= 11 is 11.8. The lowest BCUT2D eigenvalue weighted by Crippen LogP contribution is -2.27. The fourth-order valence-corrected chi connectivity index (χ4v) is 2.28. The Hall–Kier alpha value is -1.78. The van der Waals surface area contributed by atoms with Gasteiger partial charge in [0.25, 0.3) is 5.91 Å². The molecule has 22 heavy (non-hydrogen) atoms. The summed E-state index contributed by atoms with van der Waals surface area (Å²) in [7, 11) is 0. The maximum atomic E-state index is 12.2. The number of benzene rings is 1. The molecule has 0 saturated heterocycles. The van der Waals surface area contributed by atoms with E-state index in [9.17, 15) is 4.79 Å². The average molecular weight is 339 g/mol. The van der Waals surface area contributed by atoms with Crippen molar-refractivity contribution < 1.29 is 9.53 Å². The molecule has 0 bridgehead atoms. The van der Waals surface area contributed by atoms with Gasteiger partial charge in [0.1, 0.15) is 16.6 Å². The smallest absolute Gasteiger partial charge is 0.271 e. The molecule has 0 aliphatic rings. The van der Waals surface area contributed by atoms with Gasteiger partial charge in [-0.05, 0) is 43.7 Å². The Morgan fingerprint density at radius 3 is 2.55 bits per heavy atom. The molecule has 0 aliphatic heterocycles. The molecule has 116 valence electrons. The number of ether oxygens (including phenoxy) is 1. The van der Waals surface area contributed by atoms with Crippen LogP contribution in [0, 0.1) is 0 Å². The Morgan fingerprint density at radius 2 is 1.91 bits per heavy atom. The molecular formula is C16H16Cl2N2O2. The first-order valence-corrected chi connectivity index (χ1v) is 7.62. The SMILES string of the molecule is CCOc1ccc(C(C)NC(=O)c2nc(Cl)ccc2Cl)cc1. The van der Waals surface area contributed by atoms with Crippen molar-refractivity contribution in [1.29, 1.82) is 0 Å². The molecular weight excluding hydrogens is 323 g/mol. The fraction of sp³-hybridized carbons (Fsp3) is 0.250. The van der Waals surface area contributed by atoms with Gasteiger partial charge >= 0.3 is 0 Å². The van der Waals surface area contributed by atoms with Crippen LogP contribution in [0.15, 0.2) is 36.4 Å². The highest BCUT2D eigenvalue weighted by molar-refractivity contribution is 6.34. The van der Waals surface area contributed by atoms with E-state index in [1.165, 1.54) is 6.07 Å². The molecule has 1 aromatic heterocycles. The Kier molecular flexibility index (Phi) is 5.63. The van der Waals surface area contributed by atoms with Crippen LogP contribution < -0.4 is 10.1 Å². The lowest BCUT2D eigenvalue weighted by atomic mass is 10.1. The van der Waals surface area contributed by atoms with Crippen LogP contribution in [0.4, 0.5) is 0 Å². The molecule has 0 radical (unpaired) electrons. The van der Waals surface area contributed by atoms with Gasteiger partial charge in [-0.3, -0.25) is 4.79 Å². The van der Waals surface area contributed by atoms with Crippen molar-refractivity contribution in [3.05, 3.63) is 57.8 Å². The van der Waals surface area contributed by atoms with Gasteiger partial charge in [0.15, 0.2) is 0 Å². The molecule has 0 fully saturated rings. The van der Waals surface area contributed by atoms with E-state index in [1.807, 2.05) is 38.1 Å². The zero-order chi connectivity index (χ0) is 16.1. The average Bonchev–Trinajstić information content (AvgIpc) is 2.50. The number of nitrogens with one attached hydrogen (secondary N) is 1. The maximum absolute atomic E-state index is 12.2. The monoisotopic (exact) mass is 338 g/mol. The highest BCUT2D eigenvalue weighted by atomic mass is 35.5. The van der Waals surface area contributed by atoms with E-state index in [2.05, 4.69) is 10.3 Å². The number of carbonyl (C=O) groups is 1. The van der Waals surface area contributed by atoms with Crippen molar-refractivity contribution in [2.24, 2.45) is 0 Å². The molecule has 0 spiro atoms. The zero-order valence-electron chi connectivity index (χ0n) is 12.3. The molecule has 2 aromatic rings. The van der Waals surface area contributed by atoms with Gasteiger partial charge in [0.05, 0.1) is 17.7 Å². The Bertz CT molecular complexity index is 660. The van der Waals surface area contributed by atoms with Gasteiger partial charge in [-0.25, -0.2) is 4.98 Å². The summed E-state index contributed by atoms with van der Waals surface area (Å²) in [5.74, 6) is 0.429. The summed E-state index contributed by atoms with van der Waals surface area (Å²) < 4.78 is 5.39. The number of hydrogen-bond acceptors (Lipinski definition) is 3. The van der Waals surface area contributed by atoms with Crippen LogP contribution in [0.1, 0.15) is 35.9 Å². The highest BCUT2D eigenvalue weighted by Crippen LogP contribution is 2.20. The van der Waals surface area contributed by atoms with Crippen molar-refractivity contribution in [3.8, 4) is 5.75 Å². The summed E-state index contributed by atoms with van der Waals surface area (Å²) in [5.41, 5.74) is 1.07. The van der Waals surface area contributed by atoms with Crippen molar-refractivity contribution in [3.63, 3.8) is 0 Å². The third-order valence-electron chi connectivity index (χ3n) is 3.07. The fourth-order valence-electron chi connectivity index (χ4n) is 1.95. The molecule has 0 saturated carbocycles. The van der Waals surface area contributed by atoms with Crippen molar-refractivity contribution in [2.75, 3.05) is 6.61 Å². The summed E-state index contributed by atoms with van der Waals surface area (Å²) in [6.07, 6.45) is 0. The van der Waals surface area contributed by atoms with Crippen LogP contribution in [0.5, 0.6) is 5.75 Å². The maximum Gasteiger partial charge on any atom is 0.271 e. The minimum absolute atomic E-state index is 0.118. The molecule has 2 rings (SSSR count). The van der Waals surface area contributed by atoms with Gasteiger partial charge in [-0.1, -0.05) is 35.3 Å². The number of amides is 1. The van der Waals surface area contributed by atoms with E-state index in [1.54, 1.807) is 6.07 Å². The van der Waals surface area contributed by atoms with E-state index < -0.39 is 0 Å². The zero-order valence-corrected chi connectivity index (χ0v) is 13.8. The normalized spacial score (nSPS) is 11.8. The highest BCUT2D eigenvalue weighted by Gasteiger charge is 2.16. The van der Waals surface area contributed by atoms with E-state index in [-0.39, 0.29) is 27.8 Å². The standard InChI is InChI=1S/C16H16Cl2N2O2/c1-3-22-12-6-4-11(5-7-12)10(2)19-16(21)15-13(17)8-9-14(18)20-15/h4-10H,3H2,1-2H3,(H,19,21). The second-order valence-electron chi connectivity index (χ2n) is 4.66. The number of hydrogen-bond donors (Lipinski definition) is 1. The number of pyridine rings is 1. The molecule has 1 N–H and O–H groups in total. The predicted octanol–water partition coefficient (Wildman–Crippen LogP) is 4.28. The minimum atomic E-state index is -0.367. The number of carbonyl (C=O) groups excluding carboxylic acids is 1. The molecule has 4 nitrogen and oxygen atoms in total. The Balaban J connectivity index is 2.09. The lowest BCUT2D eigenvalue weighted by Gasteiger charge is -2.15.